The first-order valence-electron chi connectivity index (χ1n) is 7.34. The normalized spacial score (nSPS) is 13.5. The molecule has 108 valence electrons. The van der Waals surface area contributed by atoms with E-state index < -0.39 is 0 Å². The zero-order chi connectivity index (χ0) is 14.3. The lowest BCUT2D eigenvalue weighted by molar-refractivity contribution is -0.0247. The zero-order valence-corrected chi connectivity index (χ0v) is 13.5. The Morgan fingerprint density at radius 1 is 1.21 bits per heavy atom. The summed E-state index contributed by atoms with van der Waals surface area (Å²) in [6, 6.07) is 8.21. The van der Waals surface area contributed by atoms with Crippen molar-refractivity contribution in [3.8, 4) is 0 Å². The Labute approximate surface area is 123 Å². The van der Waals surface area contributed by atoms with Gasteiger partial charge >= 0.3 is 0 Å². The molecule has 0 fully saturated rings. The van der Waals surface area contributed by atoms with Gasteiger partial charge in [0.25, 0.3) is 0 Å². The largest absolute Gasteiger partial charge is 0.376 e. The van der Waals surface area contributed by atoms with Crippen molar-refractivity contribution in [1.82, 2.24) is 0 Å². The minimum atomic E-state index is 0.00965. The van der Waals surface area contributed by atoms with Crippen molar-refractivity contribution in [3.63, 3.8) is 0 Å². The molecule has 0 aromatic heterocycles. The predicted molar refractivity (Wildman–Crippen MR) is 84.0 cm³/mol. The lowest BCUT2D eigenvalue weighted by atomic mass is 9.92. The van der Waals surface area contributed by atoms with E-state index in [1.54, 1.807) is 0 Å². The maximum atomic E-state index is 5.91. The summed E-state index contributed by atoms with van der Waals surface area (Å²) in [5.41, 5.74) is 1.38. The van der Waals surface area contributed by atoms with Crippen molar-refractivity contribution in [3.05, 3.63) is 34.9 Å². The molecule has 1 aromatic carbocycles. The molecule has 1 rings (SSSR count). The summed E-state index contributed by atoms with van der Waals surface area (Å²) in [6.07, 6.45) is 4.59. The second kappa shape index (κ2) is 7.91. The average molecular weight is 283 g/mol. The Hall–Kier alpha value is -0.530. The van der Waals surface area contributed by atoms with Crippen molar-refractivity contribution >= 4 is 11.6 Å². The van der Waals surface area contributed by atoms with E-state index in [4.69, 9.17) is 16.3 Å². The molecule has 0 amide bonds. The van der Waals surface area contributed by atoms with Gasteiger partial charge in [-0.05, 0) is 56.7 Å². The zero-order valence-electron chi connectivity index (χ0n) is 12.7. The molecule has 0 spiro atoms. The van der Waals surface area contributed by atoms with Crippen molar-refractivity contribution in [2.24, 2.45) is 0 Å². The Balaban J connectivity index is 2.34. The van der Waals surface area contributed by atoms with E-state index >= 15 is 0 Å². The molecule has 1 atom stereocenters. The van der Waals surface area contributed by atoms with Crippen LogP contribution in [0.4, 0.5) is 0 Å². The summed E-state index contributed by atoms with van der Waals surface area (Å²) in [7, 11) is 0. The van der Waals surface area contributed by atoms with Gasteiger partial charge in [-0.3, -0.25) is 0 Å². The molecule has 1 aromatic rings. The van der Waals surface area contributed by atoms with Crippen molar-refractivity contribution in [2.45, 2.75) is 64.9 Å². The first-order valence-corrected chi connectivity index (χ1v) is 7.72. The Bertz CT molecular complexity index is 356. The van der Waals surface area contributed by atoms with Crippen molar-refractivity contribution in [1.29, 1.82) is 0 Å². The van der Waals surface area contributed by atoms with E-state index in [0.29, 0.717) is 5.92 Å². The molecule has 0 radical (unpaired) electrons. The molecule has 0 heterocycles. The lowest BCUT2D eigenvalue weighted by Gasteiger charge is -2.25. The molecule has 19 heavy (non-hydrogen) atoms. The SMILES string of the molecule is CCCOC(C)(C)CCCC(C)c1ccc(Cl)cc1. The third kappa shape index (κ3) is 6.44. The summed E-state index contributed by atoms with van der Waals surface area (Å²) in [5, 5.41) is 0.810. The monoisotopic (exact) mass is 282 g/mol. The fourth-order valence-electron chi connectivity index (χ4n) is 2.24. The second-order valence-electron chi connectivity index (χ2n) is 5.95. The molecule has 0 bridgehead atoms. The van der Waals surface area contributed by atoms with Gasteiger partial charge in [0, 0.05) is 11.6 Å². The van der Waals surface area contributed by atoms with Crippen LogP contribution in [-0.2, 0) is 4.74 Å². The van der Waals surface area contributed by atoms with Crippen LogP contribution in [0.3, 0.4) is 0 Å². The van der Waals surface area contributed by atoms with Crippen LogP contribution in [0.2, 0.25) is 5.02 Å². The fraction of sp³-hybridized carbons (Fsp3) is 0.647. The maximum Gasteiger partial charge on any atom is 0.0626 e. The molecule has 0 N–H and O–H groups in total. The molecule has 1 nitrogen and oxygen atoms in total. The van der Waals surface area contributed by atoms with Gasteiger partial charge < -0.3 is 4.74 Å². The van der Waals surface area contributed by atoms with E-state index in [0.717, 1.165) is 24.5 Å². The summed E-state index contributed by atoms with van der Waals surface area (Å²) >= 11 is 5.91. The minimum Gasteiger partial charge on any atom is -0.376 e. The first kappa shape index (κ1) is 16.5. The van der Waals surface area contributed by atoms with E-state index in [1.807, 2.05) is 12.1 Å². The minimum absolute atomic E-state index is 0.00965. The van der Waals surface area contributed by atoms with Gasteiger partial charge in [0.2, 0.25) is 0 Å². The topological polar surface area (TPSA) is 9.23 Å². The summed E-state index contributed by atoms with van der Waals surface area (Å²) < 4.78 is 5.86. The van der Waals surface area contributed by atoms with Crippen LogP contribution in [0.25, 0.3) is 0 Å². The smallest absolute Gasteiger partial charge is 0.0626 e. The lowest BCUT2D eigenvalue weighted by Crippen LogP contribution is -2.24. The molecule has 1 unspecified atom stereocenters. The van der Waals surface area contributed by atoms with Crippen molar-refractivity contribution < 1.29 is 4.74 Å². The maximum absolute atomic E-state index is 5.91. The van der Waals surface area contributed by atoms with Crippen LogP contribution < -0.4 is 0 Å². The van der Waals surface area contributed by atoms with Crippen LogP contribution in [-0.4, -0.2) is 12.2 Å². The van der Waals surface area contributed by atoms with Gasteiger partial charge in [0.1, 0.15) is 0 Å². The number of ether oxygens (including phenoxy) is 1. The van der Waals surface area contributed by atoms with Crippen LogP contribution in [0, 0.1) is 0 Å². The van der Waals surface area contributed by atoms with Gasteiger partial charge in [0.15, 0.2) is 0 Å². The number of hydrogen-bond acceptors (Lipinski definition) is 1. The quantitative estimate of drug-likeness (QED) is 0.584. The summed E-state index contributed by atoms with van der Waals surface area (Å²) in [6.45, 7) is 9.67. The van der Waals surface area contributed by atoms with Gasteiger partial charge in [-0.2, -0.15) is 0 Å². The van der Waals surface area contributed by atoms with Gasteiger partial charge in [-0.15, -0.1) is 0 Å². The van der Waals surface area contributed by atoms with E-state index in [2.05, 4.69) is 39.8 Å². The fourth-order valence-corrected chi connectivity index (χ4v) is 2.37. The number of benzene rings is 1. The van der Waals surface area contributed by atoms with Crippen LogP contribution in [0.1, 0.15) is 64.9 Å². The molecular formula is C17H27ClO. The van der Waals surface area contributed by atoms with Gasteiger partial charge in [0.05, 0.1) is 5.60 Å². The average Bonchev–Trinajstić information content (AvgIpc) is 2.37. The molecule has 0 aliphatic rings. The van der Waals surface area contributed by atoms with Crippen molar-refractivity contribution in [2.75, 3.05) is 6.61 Å². The van der Waals surface area contributed by atoms with Gasteiger partial charge in [-0.1, -0.05) is 44.0 Å². The Morgan fingerprint density at radius 3 is 2.42 bits per heavy atom. The highest BCUT2D eigenvalue weighted by atomic mass is 35.5. The number of hydrogen-bond donors (Lipinski definition) is 0. The third-order valence-electron chi connectivity index (χ3n) is 3.55. The Morgan fingerprint density at radius 2 is 1.84 bits per heavy atom. The molecular weight excluding hydrogens is 256 g/mol. The van der Waals surface area contributed by atoms with Crippen LogP contribution in [0.15, 0.2) is 24.3 Å². The Kier molecular flexibility index (Phi) is 6.88. The number of rotatable bonds is 8. The van der Waals surface area contributed by atoms with E-state index in [1.165, 1.54) is 18.4 Å². The summed E-state index contributed by atoms with van der Waals surface area (Å²) in [5.74, 6) is 0.583. The second-order valence-corrected chi connectivity index (χ2v) is 6.39. The highest BCUT2D eigenvalue weighted by molar-refractivity contribution is 6.30. The molecule has 0 aliphatic heterocycles. The van der Waals surface area contributed by atoms with Gasteiger partial charge in [-0.25, -0.2) is 0 Å². The molecule has 0 saturated heterocycles. The first-order chi connectivity index (χ1) is 8.94. The molecule has 2 heteroatoms. The molecule has 0 aliphatic carbocycles. The molecule has 0 saturated carbocycles. The van der Waals surface area contributed by atoms with E-state index in [-0.39, 0.29) is 5.60 Å². The van der Waals surface area contributed by atoms with Crippen LogP contribution in [0.5, 0.6) is 0 Å². The third-order valence-corrected chi connectivity index (χ3v) is 3.80. The predicted octanol–water partition coefficient (Wildman–Crippen LogP) is 5.82. The van der Waals surface area contributed by atoms with Crippen LogP contribution >= 0.6 is 11.6 Å². The summed E-state index contributed by atoms with van der Waals surface area (Å²) in [4.78, 5) is 0. The highest BCUT2D eigenvalue weighted by Crippen LogP contribution is 2.26. The number of halogens is 1. The highest BCUT2D eigenvalue weighted by Gasteiger charge is 2.18. The standard InChI is InChI=1S/C17H27ClO/c1-5-13-19-17(3,4)12-6-7-14(2)15-8-10-16(18)11-9-15/h8-11,14H,5-7,12-13H2,1-4H3. The van der Waals surface area contributed by atoms with E-state index in [9.17, 15) is 0 Å².